The zero-order valence-electron chi connectivity index (χ0n) is 11.8. The van der Waals surface area contributed by atoms with Crippen LogP contribution in [-0.4, -0.2) is 19.6 Å². The number of anilines is 1. The molecule has 18 heavy (non-hydrogen) atoms. The summed E-state index contributed by atoms with van der Waals surface area (Å²) in [5.74, 6) is 0. The van der Waals surface area contributed by atoms with Gasteiger partial charge in [-0.1, -0.05) is 12.1 Å². The largest absolute Gasteiger partial charge is 0.371 e. The highest BCUT2D eigenvalue weighted by Crippen LogP contribution is 2.29. The van der Waals surface area contributed by atoms with E-state index in [-0.39, 0.29) is 0 Å². The molecule has 0 bridgehead atoms. The minimum Gasteiger partial charge on any atom is -0.371 e. The standard InChI is InChI=1S/C16H26N2/c1-13-11-15(7-6-8-17)12-14(2)16(13)18-9-4-3-5-10-18/h11-12H,3-10,17H2,1-2H3. The fraction of sp³-hybridized carbons (Fsp3) is 0.625. The summed E-state index contributed by atoms with van der Waals surface area (Å²) in [5, 5.41) is 0. The molecule has 1 aliphatic rings. The Bertz CT molecular complexity index is 369. The van der Waals surface area contributed by atoms with Gasteiger partial charge in [0.25, 0.3) is 0 Å². The predicted molar refractivity (Wildman–Crippen MR) is 79.4 cm³/mol. The van der Waals surface area contributed by atoms with Gasteiger partial charge in [-0.2, -0.15) is 0 Å². The third-order valence-corrected chi connectivity index (χ3v) is 3.89. The second kappa shape index (κ2) is 6.24. The van der Waals surface area contributed by atoms with Crippen molar-refractivity contribution in [3.05, 3.63) is 28.8 Å². The lowest BCUT2D eigenvalue weighted by Crippen LogP contribution is -2.30. The molecule has 0 aliphatic carbocycles. The SMILES string of the molecule is Cc1cc(CCCN)cc(C)c1N1CCCCC1. The van der Waals surface area contributed by atoms with Crippen molar-refractivity contribution in [1.82, 2.24) is 0 Å². The highest BCUT2D eigenvalue weighted by Gasteiger charge is 2.15. The Labute approximate surface area is 111 Å². The van der Waals surface area contributed by atoms with Crippen molar-refractivity contribution in [2.24, 2.45) is 5.73 Å². The molecule has 1 fully saturated rings. The van der Waals surface area contributed by atoms with Gasteiger partial charge in [0.2, 0.25) is 0 Å². The molecule has 1 heterocycles. The molecule has 0 saturated carbocycles. The van der Waals surface area contributed by atoms with E-state index in [1.807, 2.05) is 0 Å². The number of hydrogen-bond donors (Lipinski definition) is 1. The van der Waals surface area contributed by atoms with Crippen LogP contribution in [0.2, 0.25) is 0 Å². The van der Waals surface area contributed by atoms with E-state index >= 15 is 0 Å². The van der Waals surface area contributed by atoms with Gasteiger partial charge in [0, 0.05) is 18.8 Å². The second-order valence-electron chi connectivity index (χ2n) is 5.52. The van der Waals surface area contributed by atoms with Gasteiger partial charge in [-0.3, -0.25) is 0 Å². The summed E-state index contributed by atoms with van der Waals surface area (Å²) in [4.78, 5) is 2.57. The number of piperidine rings is 1. The first-order chi connectivity index (χ1) is 8.72. The van der Waals surface area contributed by atoms with Crippen LogP contribution in [0.25, 0.3) is 0 Å². The molecule has 1 aromatic carbocycles. The number of aryl methyl sites for hydroxylation is 3. The molecule has 0 spiro atoms. The van der Waals surface area contributed by atoms with Crippen molar-refractivity contribution < 1.29 is 0 Å². The summed E-state index contributed by atoms with van der Waals surface area (Å²) in [6.07, 6.45) is 6.27. The van der Waals surface area contributed by atoms with Crippen LogP contribution in [0.4, 0.5) is 5.69 Å². The molecule has 0 aromatic heterocycles. The van der Waals surface area contributed by atoms with Gasteiger partial charge >= 0.3 is 0 Å². The van der Waals surface area contributed by atoms with E-state index in [2.05, 4.69) is 30.9 Å². The maximum atomic E-state index is 5.59. The third-order valence-electron chi connectivity index (χ3n) is 3.89. The van der Waals surface area contributed by atoms with Crippen LogP contribution >= 0.6 is 0 Å². The van der Waals surface area contributed by atoms with Gasteiger partial charge < -0.3 is 10.6 Å². The molecule has 0 atom stereocenters. The van der Waals surface area contributed by atoms with Gasteiger partial charge in [0.1, 0.15) is 0 Å². The monoisotopic (exact) mass is 246 g/mol. The number of rotatable bonds is 4. The van der Waals surface area contributed by atoms with Crippen LogP contribution < -0.4 is 10.6 Å². The molecule has 1 aliphatic heterocycles. The maximum Gasteiger partial charge on any atom is 0.0425 e. The molecule has 2 rings (SSSR count). The number of benzene rings is 1. The highest BCUT2D eigenvalue weighted by molar-refractivity contribution is 5.60. The zero-order chi connectivity index (χ0) is 13.0. The fourth-order valence-corrected chi connectivity index (χ4v) is 3.11. The summed E-state index contributed by atoms with van der Waals surface area (Å²) in [7, 11) is 0. The lowest BCUT2D eigenvalue weighted by atomic mass is 9.99. The molecule has 1 aromatic rings. The second-order valence-corrected chi connectivity index (χ2v) is 5.52. The molecule has 2 heteroatoms. The van der Waals surface area contributed by atoms with Crippen LogP contribution in [-0.2, 0) is 6.42 Å². The normalized spacial score (nSPS) is 16.1. The van der Waals surface area contributed by atoms with Crippen molar-refractivity contribution in [3.63, 3.8) is 0 Å². The average molecular weight is 246 g/mol. The van der Waals surface area contributed by atoms with Crippen molar-refractivity contribution in [2.75, 3.05) is 24.5 Å². The average Bonchev–Trinajstić information content (AvgIpc) is 2.37. The molecular weight excluding hydrogens is 220 g/mol. The van der Waals surface area contributed by atoms with Crippen LogP contribution in [0.5, 0.6) is 0 Å². The quantitative estimate of drug-likeness (QED) is 0.884. The van der Waals surface area contributed by atoms with Crippen LogP contribution in [0.1, 0.15) is 42.4 Å². The Morgan fingerprint density at radius 2 is 1.67 bits per heavy atom. The van der Waals surface area contributed by atoms with E-state index < -0.39 is 0 Å². The van der Waals surface area contributed by atoms with E-state index in [1.54, 1.807) is 0 Å². The first-order valence-electron chi connectivity index (χ1n) is 7.27. The van der Waals surface area contributed by atoms with Gasteiger partial charge in [-0.05, 0) is 69.2 Å². The molecule has 0 unspecified atom stereocenters. The first-order valence-corrected chi connectivity index (χ1v) is 7.27. The lowest BCUT2D eigenvalue weighted by molar-refractivity contribution is 0.576. The smallest absolute Gasteiger partial charge is 0.0425 e. The number of nitrogens with two attached hydrogens (primary N) is 1. The van der Waals surface area contributed by atoms with Gasteiger partial charge in [0.05, 0.1) is 0 Å². The van der Waals surface area contributed by atoms with Crippen LogP contribution in [0.15, 0.2) is 12.1 Å². The van der Waals surface area contributed by atoms with E-state index in [1.165, 1.54) is 54.7 Å². The van der Waals surface area contributed by atoms with Gasteiger partial charge in [-0.25, -0.2) is 0 Å². The summed E-state index contributed by atoms with van der Waals surface area (Å²) >= 11 is 0. The van der Waals surface area contributed by atoms with E-state index in [0.717, 1.165) is 19.4 Å². The Balaban J connectivity index is 2.20. The van der Waals surface area contributed by atoms with Crippen molar-refractivity contribution in [3.8, 4) is 0 Å². The van der Waals surface area contributed by atoms with E-state index in [4.69, 9.17) is 5.73 Å². The van der Waals surface area contributed by atoms with Crippen molar-refractivity contribution in [1.29, 1.82) is 0 Å². The van der Waals surface area contributed by atoms with Crippen LogP contribution in [0.3, 0.4) is 0 Å². The Hall–Kier alpha value is -1.02. The first kappa shape index (κ1) is 13.4. The summed E-state index contributed by atoms with van der Waals surface area (Å²) in [5.41, 5.74) is 11.4. The Morgan fingerprint density at radius 3 is 2.22 bits per heavy atom. The molecule has 2 N–H and O–H groups in total. The highest BCUT2D eigenvalue weighted by atomic mass is 15.1. The fourth-order valence-electron chi connectivity index (χ4n) is 3.11. The maximum absolute atomic E-state index is 5.59. The topological polar surface area (TPSA) is 29.3 Å². The Kier molecular flexibility index (Phi) is 4.65. The molecule has 2 nitrogen and oxygen atoms in total. The van der Waals surface area contributed by atoms with Crippen LogP contribution in [0, 0.1) is 13.8 Å². The summed E-state index contributed by atoms with van der Waals surface area (Å²) in [6, 6.07) is 4.71. The number of nitrogens with zero attached hydrogens (tertiary/aromatic N) is 1. The molecule has 0 radical (unpaired) electrons. The third kappa shape index (κ3) is 3.05. The lowest BCUT2D eigenvalue weighted by Gasteiger charge is -2.32. The molecular formula is C16H26N2. The molecule has 1 saturated heterocycles. The summed E-state index contributed by atoms with van der Waals surface area (Å²) < 4.78 is 0. The van der Waals surface area contributed by atoms with Gasteiger partial charge in [0.15, 0.2) is 0 Å². The van der Waals surface area contributed by atoms with E-state index in [0.29, 0.717) is 0 Å². The summed E-state index contributed by atoms with van der Waals surface area (Å²) in [6.45, 7) is 7.74. The molecule has 0 amide bonds. The predicted octanol–water partition coefficient (Wildman–Crippen LogP) is 3.19. The zero-order valence-corrected chi connectivity index (χ0v) is 11.8. The minimum absolute atomic E-state index is 0.784. The Morgan fingerprint density at radius 1 is 1.06 bits per heavy atom. The number of hydrogen-bond acceptors (Lipinski definition) is 2. The molecule has 100 valence electrons. The van der Waals surface area contributed by atoms with Crippen molar-refractivity contribution >= 4 is 5.69 Å². The van der Waals surface area contributed by atoms with E-state index in [9.17, 15) is 0 Å². The minimum atomic E-state index is 0.784. The van der Waals surface area contributed by atoms with Crippen molar-refractivity contribution in [2.45, 2.75) is 46.0 Å². The van der Waals surface area contributed by atoms with Gasteiger partial charge in [-0.15, -0.1) is 0 Å².